The molecule has 0 atom stereocenters. The van der Waals surface area contributed by atoms with Crippen LogP contribution >= 0.6 is 0 Å². The fourth-order valence-corrected chi connectivity index (χ4v) is 0.823. The Morgan fingerprint density at radius 3 is 2.38 bits per heavy atom. The topological polar surface area (TPSA) is 160 Å². The minimum absolute atomic E-state index is 0.0848. The van der Waals surface area contributed by atoms with E-state index >= 15 is 0 Å². The summed E-state index contributed by atoms with van der Waals surface area (Å²) in [5.41, 5.74) is 3.87. The van der Waals surface area contributed by atoms with Gasteiger partial charge in [-0.15, -0.1) is 0 Å². The summed E-state index contributed by atoms with van der Waals surface area (Å²) in [6.45, 7) is 0. The molecule has 4 amide bonds. The highest BCUT2D eigenvalue weighted by Crippen LogP contribution is 2.15. The Morgan fingerprint density at radius 2 is 1.75 bits per heavy atom. The number of hydrogen-bond acceptors (Lipinski definition) is 6. The molecule has 0 aromatic carbocycles. The molecule has 0 bridgehead atoms. The second kappa shape index (κ2) is 5.43. The fraction of sp³-hybridized carbons (Fsp3) is 0. The quantitative estimate of drug-likeness (QED) is 0.203. The molecule has 0 aliphatic heterocycles. The summed E-state index contributed by atoms with van der Waals surface area (Å²) >= 11 is 0. The molecule has 8 N–H and O–H groups in total. The number of urea groups is 2. The van der Waals surface area contributed by atoms with Gasteiger partial charge in [-0.2, -0.15) is 0 Å². The Kier molecular flexibility index (Phi) is 3.94. The molecule has 10 nitrogen and oxygen atoms in total. The first-order chi connectivity index (χ1) is 7.67. The van der Waals surface area contributed by atoms with Gasteiger partial charge in [0.25, 0.3) is 0 Å². The number of carbonyl (C=O) groups excluding carboxylic acids is 2. The average Bonchev–Trinajstić information content (AvgIpc) is 2.31. The summed E-state index contributed by atoms with van der Waals surface area (Å²) in [4.78, 5) is 29.3. The number of amides is 4. The molecule has 0 fully saturated rings. The predicted octanol–water partition coefficient (Wildman–Crippen LogP) is -1.53. The van der Waals surface area contributed by atoms with Crippen molar-refractivity contribution < 1.29 is 9.59 Å². The molecule has 86 valence electrons. The van der Waals surface area contributed by atoms with Crippen LogP contribution in [0.2, 0.25) is 0 Å². The van der Waals surface area contributed by atoms with Crippen LogP contribution in [0.1, 0.15) is 0 Å². The third-order valence-corrected chi connectivity index (χ3v) is 1.45. The van der Waals surface area contributed by atoms with Crippen LogP contribution < -0.4 is 33.2 Å². The van der Waals surface area contributed by atoms with Gasteiger partial charge < -0.3 is 5.32 Å². The van der Waals surface area contributed by atoms with Gasteiger partial charge in [0.2, 0.25) is 0 Å². The molecule has 0 saturated carbocycles. The van der Waals surface area contributed by atoms with Crippen molar-refractivity contribution in [3.05, 3.63) is 12.5 Å². The number of hydrazine groups is 2. The highest BCUT2D eigenvalue weighted by atomic mass is 16.2. The van der Waals surface area contributed by atoms with E-state index in [2.05, 4.69) is 20.6 Å². The van der Waals surface area contributed by atoms with Crippen molar-refractivity contribution in [2.24, 2.45) is 11.7 Å². The van der Waals surface area contributed by atoms with Crippen LogP contribution in [0, 0.1) is 0 Å². The van der Waals surface area contributed by atoms with Crippen LogP contribution in [0.5, 0.6) is 0 Å². The zero-order valence-electron chi connectivity index (χ0n) is 8.02. The summed E-state index contributed by atoms with van der Waals surface area (Å²) in [5.74, 6) is 9.83. The first kappa shape index (κ1) is 11.6. The van der Waals surface area contributed by atoms with Crippen molar-refractivity contribution in [3.8, 4) is 0 Å². The zero-order valence-corrected chi connectivity index (χ0v) is 8.02. The first-order valence-corrected chi connectivity index (χ1v) is 4.02. The Hall–Kier alpha value is -2.46. The highest BCUT2D eigenvalue weighted by Gasteiger charge is 2.09. The third-order valence-electron chi connectivity index (χ3n) is 1.45. The van der Waals surface area contributed by atoms with Gasteiger partial charge in [-0.05, 0) is 0 Å². The standard InChI is InChI=1S/C6H10N8O2/c7-13-5(15)11-3-1-9-2-10-4(3)12-6(16)14-8/h1-2H,7-8H2,(H2,11,13,15)(H2,9,10,12,14,16). The number of carbonyl (C=O) groups is 2. The molecule has 0 aliphatic carbocycles. The predicted molar refractivity (Wildman–Crippen MR) is 54.7 cm³/mol. The lowest BCUT2D eigenvalue weighted by Crippen LogP contribution is -2.36. The van der Waals surface area contributed by atoms with Crippen molar-refractivity contribution in [2.75, 3.05) is 10.6 Å². The largest absolute Gasteiger partial charge is 0.334 e. The van der Waals surface area contributed by atoms with E-state index in [1.165, 1.54) is 12.5 Å². The van der Waals surface area contributed by atoms with Crippen molar-refractivity contribution >= 4 is 23.6 Å². The van der Waals surface area contributed by atoms with Crippen LogP contribution in [-0.4, -0.2) is 22.0 Å². The van der Waals surface area contributed by atoms with Crippen LogP contribution in [-0.2, 0) is 0 Å². The minimum Gasteiger partial charge on any atom is -0.302 e. The monoisotopic (exact) mass is 226 g/mol. The lowest BCUT2D eigenvalue weighted by molar-refractivity contribution is 0.251. The minimum atomic E-state index is -0.685. The molecule has 1 aromatic heterocycles. The molecule has 10 heteroatoms. The molecule has 1 heterocycles. The van der Waals surface area contributed by atoms with Gasteiger partial charge in [-0.25, -0.2) is 31.2 Å². The molecule has 0 aliphatic rings. The molecule has 1 aromatic rings. The van der Waals surface area contributed by atoms with E-state index in [-0.39, 0.29) is 11.5 Å². The van der Waals surface area contributed by atoms with Crippen LogP contribution in [0.25, 0.3) is 0 Å². The molecule has 0 spiro atoms. The molecule has 1 rings (SSSR count). The maximum Gasteiger partial charge on any atom is 0.334 e. The number of nitrogens with zero attached hydrogens (tertiary/aromatic N) is 2. The number of anilines is 2. The normalized spacial score (nSPS) is 9.12. The Labute approximate surface area is 89.7 Å². The van der Waals surface area contributed by atoms with E-state index in [1.54, 1.807) is 0 Å². The highest BCUT2D eigenvalue weighted by molar-refractivity contribution is 5.96. The van der Waals surface area contributed by atoms with Gasteiger partial charge in [0.15, 0.2) is 5.82 Å². The molecule has 16 heavy (non-hydrogen) atoms. The third kappa shape index (κ3) is 3.04. The van der Waals surface area contributed by atoms with Gasteiger partial charge in [0.1, 0.15) is 12.0 Å². The van der Waals surface area contributed by atoms with E-state index in [9.17, 15) is 9.59 Å². The van der Waals surface area contributed by atoms with Gasteiger partial charge in [0.05, 0.1) is 6.20 Å². The van der Waals surface area contributed by atoms with Crippen molar-refractivity contribution in [1.29, 1.82) is 0 Å². The van der Waals surface area contributed by atoms with E-state index in [4.69, 9.17) is 11.7 Å². The molecule has 0 saturated heterocycles. The van der Waals surface area contributed by atoms with E-state index in [0.29, 0.717) is 0 Å². The molecular weight excluding hydrogens is 216 g/mol. The second-order valence-corrected chi connectivity index (χ2v) is 2.48. The SMILES string of the molecule is NNC(=O)Nc1cncnc1NC(=O)NN. The van der Waals surface area contributed by atoms with E-state index < -0.39 is 12.1 Å². The maximum atomic E-state index is 10.9. The maximum absolute atomic E-state index is 10.9. The lowest BCUT2D eigenvalue weighted by Gasteiger charge is -2.09. The lowest BCUT2D eigenvalue weighted by atomic mass is 10.4. The van der Waals surface area contributed by atoms with E-state index in [1.807, 2.05) is 10.9 Å². The second-order valence-electron chi connectivity index (χ2n) is 2.48. The van der Waals surface area contributed by atoms with Crippen molar-refractivity contribution in [2.45, 2.75) is 0 Å². The summed E-state index contributed by atoms with van der Waals surface area (Å²) < 4.78 is 0. The Morgan fingerprint density at radius 1 is 1.12 bits per heavy atom. The average molecular weight is 226 g/mol. The van der Waals surface area contributed by atoms with Gasteiger partial charge >= 0.3 is 12.1 Å². The number of hydrogen-bond donors (Lipinski definition) is 6. The van der Waals surface area contributed by atoms with Crippen molar-refractivity contribution in [3.63, 3.8) is 0 Å². The molecule has 0 unspecified atom stereocenters. The molecular formula is C6H10N8O2. The van der Waals surface area contributed by atoms with Gasteiger partial charge in [-0.1, -0.05) is 0 Å². The Balaban J connectivity index is 2.83. The zero-order chi connectivity index (χ0) is 12.0. The number of nitrogens with one attached hydrogen (secondary N) is 4. The number of rotatable bonds is 2. The van der Waals surface area contributed by atoms with Crippen LogP contribution in [0.15, 0.2) is 12.5 Å². The summed E-state index contributed by atoms with van der Waals surface area (Å²) in [6, 6.07) is -1.36. The summed E-state index contributed by atoms with van der Waals surface area (Å²) in [5, 5.41) is 4.59. The van der Waals surface area contributed by atoms with Crippen molar-refractivity contribution in [1.82, 2.24) is 20.8 Å². The fourth-order valence-electron chi connectivity index (χ4n) is 0.823. The van der Waals surface area contributed by atoms with E-state index in [0.717, 1.165) is 0 Å². The summed E-state index contributed by atoms with van der Waals surface area (Å²) in [6.07, 6.45) is 2.48. The van der Waals surface area contributed by atoms with Gasteiger partial charge in [0, 0.05) is 0 Å². The Bertz CT molecular complexity index is 357. The molecule has 0 radical (unpaired) electrons. The van der Waals surface area contributed by atoms with Crippen LogP contribution in [0.3, 0.4) is 0 Å². The number of aromatic nitrogens is 2. The van der Waals surface area contributed by atoms with Crippen LogP contribution in [0.4, 0.5) is 21.1 Å². The van der Waals surface area contributed by atoms with Gasteiger partial charge in [-0.3, -0.25) is 16.2 Å². The smallest absolute Gasteiger partial charge is 0.302 e. The first-order valence-electron chi connectivity index (χ1n) is 4.02. The number of nitrogens with two attached hydrogens (primary N) is 2. The summed E-state index contributed by atoms with van der Waals surface area (Å²) in [7, 11) is 0.